The lowest BCUT2D eigenvalue weighted by atomic mass is 10.2. The predicted octanol–water partition coefficient (Wildman–Crippen LogP) is 1.74. The number of carbonyl (C=O) groups excluding carboxylic acids is 1. The monoisotopic (exact) mass is 342 g/mol. The quantitative estimate of drug-likeness (QED) is 0.828. The number of hydrogen-bond acceptors (Lipinski definition) is 6. The molecule has 1 aromatic heterocycles. The van der Waals surface area contributed by atoms with Gasteiger partial charge >= 0.3 is 0 Å². The van der Waals surface area contributed by atoms with Gasteiger partial charge in [0.25, 0.3) is 5.91 Å². The van der Waals surface area contributed by atoms with E-state index in [1.54, 1.807) is 35.6 Å². The number of amides is 1. The fourth-order valence-corrected chi connectivity index (χ4v) is 3.14. The molecule has 0 aliphatic carbocycles. The number of piperazine rings is 1. The van der Waals surface area contributed by atoms with Gasteiger partial charge in [0.2, 0.25) is 0 Å². The van der Waals surface area contributed by atoms with E-state index in [1.807, 2.05) is 10.4 Å². The molecule has 1 amide bonds. The molecular weight excluding hydrogens is 324 g/mol. The Balaban J connectivity index is 1.44. The second kappa shape index (κ2) is 7.90. The summed E-state index contributed by atoms with van der Waals surface area (Å²) in [4.78, 5) is 20.7. The molecule has 1 saturated heterocycles. The van der Waals surface area contributed by atoms with Gasteiger partial charge in [-0.25, -0.2) is 4.98 Å². The maximum Gasteiger partial charge on any atom is 0.260 e. The van der Waals surface area contributed by atoms with Gasteiger partial charge in [0, 0.05) is 38.1 Å². The van der Waals surface area contributed by atoms with Crippen LogP contribution in [0.4, 0.5) is 0 Å². The van der Waals surface area contributed by atoms with E-state index in [9.17, 15) is 4.79 Å². The van der Waals surface area contributed by atoms with E-state index in [-0.39, 0.29) is 12.5 Å². The van der Waals surface area contributed by atoms with Crippen LogP contribution >= 0.6 is 11.3 Å². The predicted molar refractivity (Wildman–Crippen MR) is 90.6 cm³/mol. The number of thiazole rings is 1. The van der Waals surface area contributed by atoms with Gasteiger partial charge < -0.3 is 9.64 Å². The minimum atomic E-state index is -0.0225. The number of aromatic nitrogens is 1. The van der Waals surface area contributed by atoms with E-state index >= 15 is 0 Å². The van der Waals surface area contributed by atoms with Gasteiger partial charge in [-0.3, -0.25) is 9.69 Å². The fourth-order valence-electron chi connectivity index (χ4n) is 2.59. The van der Waals surface area contributed by atoms with Gasteiger partial charge in [0.1, 0.15) is 5.75 Å². The first-order valence-corrected chi connectivity index (χ1v) is 8.69. The number of nitrogens with zero attached hydrogens (tertiary/aromatic N) is 4. The molecular formula is C17H18N4O2S. The molecule has 0 radical (unpaired) electrons. The van der Waals surface area contributed by atoms with Crippen molar-refractivity contribution in [3.8, 4) is 11.8 Å². The van der Waals surface area contributed by atoms with E-state index in [1.165, 1.54) is 0 Å². The third-order valence-corrected chi connectivity index (χ3v) is 4.55. The first-order chi connectivity index (χ1) is 11.7. The Morgan fingerprint density at radius 1 is 1.33 bits per heavy atom. The topological polar surface area (TPSA) is 69.5 Å². The van der Waals surface area contributed by atoms with E-state index < -0.39 is 0 Å². The van der Waals surface area contributed by atoms with Crippen molar-refractivity contribution < 1.29 is 9.53 Å². The Bertz CT molecular complexity index is 718. The van der Waals surface area contributed by atoms with Gasteiger partial charge in [0.05, 0.1) is 22.8 Å². The lowest BCUT2D eigenvalue weighted by molar-refractivity contribution is -0.135. The van der Waals surface area contributed by atoms with Crippen molar-refractivity contribution in [3.63, 3.8) is 0 Å². The third kappa shape index (κ3) is 4.31. The number of rotatable bonds is 5. The van der Waals surface area contributed by atoms with Crippen LogP contribution in [0.5, 0.6) is 5.75 Å². The van der Waals surface area contributed by atoms with Crippen molar-refractivity contribution in [1.29, 1.82) is 5.26 Å². The van der Waals surface area contributed by atoms with E-state index in [4.69, 9.17) is 10.00 Å². The van der Waals surface area contributed by atoms with Crippen LogP contribution in [0.2, 0.25) is 0 Å². The second-order valence-corrected chi connectivity index (χ2v) is 6.28. The maximum absolute atomic E-state index is 12.3. The highest BCUT2D eigenvalue weighted by molar-refractivity contribution is 7.07. The molecule has 0 unspecified atom stereocenters. The van der Waals surface area contributed by atoms with Crippen molar-refractivity contribution in [3.05, 3.63) is 46.4 Å². The third-order valence-electron chi connectivity index (χ3n) is 3.92. The minimum Gasteiger partial charge on any atom is -0.484 e. The van der Waals surface area contributed by atoms with Gasteiger partial charge in [-0.15, -0.1) is 11.3 Å². The van der Waals surface area contributed by atoms with Crippen molar-refractivity contribution in [2.75, 3.05) is 32.8 Å². The summed E-state index contributed by atoms with van der Waals surface area (Å²) in [7, 11) is 0. The van der Waals surface area contributed by atoms with Gasteiger partial charge in [-0.2, -0.15) is 5.26 Å². The van der Waals surface area contributed by atoms with Crippen LogP contribution < -0.4 is 4.74 Å². The van der Waals surface area contributed by atoms with Gasteiger partial charge in [0.15, 0.2) is 6.61 Å². The number of benzene rings is 1. The Morgan fingerprint density at radius 3 is 2.88 bits per heavy atom. The van der Waals surface area contributed by atoms with Crippen LogP contribution in [-0.2, 0) is 11.3 Å². The maximum atomic E-state index is 12.3. The van der Waals surface area contributed by atoms with E-state index in [0.717, 1.165) is 25.3 Å². The molecule has 0 N–H and O–H groups in total. The number of hydrogen-bond donors (Lipinski definition) is 0. The molecule has 124 valence electrons. The molecule has 0 saturated carbocycles. The highest BCUT2D eigenvalue weighted by Crippen LogP contribution is 2.13. The van der Waals surface area contributed by atoms with E-state index in [2.05, 4.69) is 21.3 Å². The Kier molecular flexibility index (Phi) is 5.41. The second-order valence-electron chi connectivity index (χ2n) is 5.57. The van der Waals surface area contributed by atoms with Gasteiger partial charge in [-0.05, 0) is 18.2 Å². The van der Waals surface area contributed by atoms with Crippen LogP contribution in [0.15, 0.2) is 35.2 Å². The highest BCUT2D eigenvalue weighted by atomic mass is 32.1. The van der Waals surface area contributed by atoms with Crippen molar-refractivity contribution >= 4 is 17.2 Å². The average molecular weight is 342 g/mol. The van der Waals surface area contributed by atoms with Crippen LogP contribution in [0.3, 0.4) is 0 Å². The molecule has 1 aliphatic rings. The molecule has 7 heteroatoms. The van der Waals surface area contributed by atoms with Crippen molar-refractivity contribution in [2.45, 2.75) is 6.54 Å². The largest absolute Gasteiger partial charge is 0.484 e. The summed E-state index contributed by atoms with van der Waals surface area (Å²) in [6.07, 6.45) is 0. The molecule has 24 heavy (non-hydrogen) atoms. The summed E-state index contributed by atoms with van der Waals surface area (Å²) in [6.45, 7) is 3.92. The molecule has 1 aromatic carbocycles. The number of nitriles is 1. The Labute approximate surface area is 144 Å². The summed E-state index contributed by atoms with van der Waals surface area (Å²) in [5, 5.41) is 10.9. The summed E-state index contributed by atoms with van der Waals surface area (Å²) in [6, 6.07) is 8.89. The molecule has 3 rings (SSSR count). The molecule has 1 fully saturated rings. The lowest BCUT2D eigenvalue weighted by Gasteiger charge is -2.34. The van der Waals surface area contributed by atoms with Gasteiger partial charge in [-0.1, -0.05) is 6.07 Å². The summed E-state index contributed by atoms with van der Waals surface area (Å²) in [5.74, 6) is 0.523. The molecule has 1 aliphatic heterocycles. The number of carbonyl (C=O) groups is 1. The zero-order chi connectivity index (χ0) is 16.8. The normalized spacial score (nSPS) is 15.0. The molecule has 2 aromatic rings. The van der Waals surface area contributed by atoms with E-state index in [0.29, 0.717) is 24.4 Å². The molecule has 6 nitrogen and oxygen atoms in total. The van der Waals surface area contributed by atoms with Crippen LogP contribution in [0, 0.1) is 11.3 Å². The van der Waals surface area contributed by atoms with Crippen LogP contribution in [0.25, 0.3) is 0 Å². The standard InChI is InChI=1S/C17H18N4O2S/c18-9-14-2-1-3-16(8-14)23-11-17(22)21-6-4-20(5-7-21)10-15-12-24-13-19-15/h1-3,8,12-13H,4-7,10-11H2. The lowest BCUT2D eigenvalue weighted by Crippen LogP contribution is -2.49. The fraction of sp³-hybridized carbons (Fsp3) is 0.353. The highest BCUT2D eigenvalue weighted by Gasteiger charge is 2.21. The Hall–Kier alpha value is -2.43. The summed E-state index contributed by atoms with van der Waals surface area (Å²) in [5.41, 5.74) is 3.45. The SMILES string of the molecule is N#Cc1cccc(OCC(=O)N2CCN(Cc3cscn3)CC2)c1. The molecule has 0 atom stereocenters. The van der Waals surface area contributed by atoms with Crippen molar-refractivity contribution in [1.82, 2.24) is 14.8 Å². The number of ether oxygens (including phenoxy) is 1. The molecule has 2 heterocycles. The first kappa shape index (κ1) is 16.4. The first-order valence-electron chi connectivity index (χ1n) is 7.75. The Morgan fingerprint density at radius 2 is 2.17 bits per heavy atom. The smallest absolute Gasteiger partial charge is 0.260 e. The average Bonchev–Trinajstić information content (AvgIpc) is 3.13. The van der Waals surface area contributed by atoms with Crippen LogP contribution in [0.1, 0.15) is 11.3 Å². The zero-order valence-corrected chi connectivity index (χ0v) is 14.0. The molecule has 0 spiro atoms. The minimum absolute atomic E-state index is 0.000960. The summed E-state index contributed by atoms with van der Waals surface area (Å²) >= 11 is 1.60. The summed E-state index contributed by atoms with van der Waals surface area (Å²) < 4.78 is 5.51. The van der Waals surface area contributed by atoms with Crippen LogP contribution in [-0.4, -0.2) is 53.5 Å². The molecule has 0 bridgehead atoms. The zero-order valence-electron chi connectivity index (χ0n) is 13.2. The van der Waals surface area contributed by atoms with Crippen molar-refractivity contribution in [2.24, 2.45) is 0 Å².